The minimum atomic E-state index is -0.232. The van der Waals surface area contributed by atoms with E-state index < -0.39 is 0 Å². The molecule has 3 heteroatoms. The van der Waals surface area contributed by atoms with Crippen LogP contribution in [0, 0.1) is 0 Å². The minimum absolute atomic E-state index is 0.232. The van der Waals surface area contributed by atoms with Gasteiger partial charge < -0.3 is 5.32 Å². The molecule has 0 radical (unpaired) electrons. The van der Waals surface area contributed by atoms with Gasteiger partial charge in [0, 0.05) is 12.6 Å². The Hall–Kier alpha value is 0.240. The van der Waals surface area contributed by atoms with Crippen LogP contribution in [0.25, 0.3) is 0 Å². The van der Waals surface area contributed by atoms with E-state index in [9.17, 15) is 4.39 Å². The van der Waals surface area contributed by atoms with Crippen LogP contribution in [0.3, 0.4) is 0 Å². The van der Waals surface area contributed by atoms with Gasteiger partial charge in [0.15, 0.2) is 0 Å². The van der Waals surface area contributed by atoms with Crippen molar-refractivity contribution >= 4 is 11.8 Å². The highest BCUT2D eigenvalue weighted by Gasteiger charge is 2.11. The molecule has 0 aliphatic carbocycles. The van der Waals surface area contributed by atoms with E-state index in [2.05, 4.69) is 5.32 Å². The maximum absolute atomic E-state index is 11.7. The van der Waals surface area contributed by atoms with E-state index in [0.29, 0.717) is 12.6 Å². The van der Waals surface area contributed by atoms with Gasteiger partial charge in [0.1, 0.15) is 6.67 Å². The normalized spacial score (nSPS) is 21.3. The Morgan fingerprint density at radius 2 is 2.10 bits per heavy atom. The second kappa shape index (κ2) is 4.97. The van der Waals surface area contributed by atoms with Crippen molar-refractivity contribution in [2.24, 2.45) is 0 Å². The molecule has 1 fully saturated rings. The zero-order chi connectivity index (χ0) is 7.23. The maximum Gasteiger partial charge on any atom is 0.102 e. The lowest BCUT2D eigenvalue weighted by Crippen LogP contribution is -2.33. The van der Waals surface area contributed by atoms with Crippen molar-refractivity contribution in [2.45, 2.75) is 18.9 Å². The number of halogens is 1. The average Bonchev–Trinajstić information content (AvgIpc) is 2.03. The molecule has 1 aliphatic heterocycles. The van der Waals surface area contributed by atoms with Crippen LogP contribution in [0.4, 0.5) is 4.39 Å². The Morgan fingerprint density at radius 3 is 2.70 bits per heavy atom. The fourth-order valence-electron chi connectivity index (χ4n) is 1.16. The molecule has 0 unspecified atom stereocenters. The first-order valence-corrected chi connectivity index (χ1v) is 4.96. The first-order valence-electron chi connectivity index (χ1n) is 3.80. The third-order valence-corrected chi connectivity index (χ3v) is 2.80. The second-order valence-electron chi connectivity index (χ2n) is 2.53. The Kier molecular flexibility index (Phi) is 4.14. The van der Waals surface area contributed by atoms with Gasteiger partial charge in [0.25, 0.3) is 0 Å². The van der Waals surface area contributed by atoms with Gasteiger partial charge in [-0.05, 0) is 24.3 Å². The van der Waals surface area contributed by atoms with E-state index in [0.717, 1.165) is 0 Å². The Bertz CT molecular complexity index is 83.7. The van der Waals surface area contributed by atoms with E-state index in [-0.39, 0.29) is 6.67 Å². The van der Waals surface area contributed by atoms with Crippen LogP contribution in [-0.2, 0) is 0 Å². The molecule has 1 heterocycles. The van der Waals surface area contributed by atoms with Crippen LogP contribution < -0.4 is 5.32 Å². The van der Waals surface area contributed by atoms with Crippen LogP contribution in [0.1, 0.15) is 12.8 Å². The Labute approximate surface area is 65.8 Å². The fraction of sp³-hybridized carbons (Fsp3) is 1.00. The van der Waals surface area contributed by atoms with Gasteiger partial charge >= 0.3 is 0 Å². The van der Waals surface area contributed by atoms with Gasteiger partial charge in [-0.25, -0.2) is 4.39 Å². The fourth-order valence-corrected chi connectivity index (χ4v) is 2.27. The lowest BCUT2D eigenvalue weighted by Gasteiger charge is -2.21. The zero-order valence-corrected chi connectivity index (χ0v) is 6.92. The number of hydrogen-bond donors (Lipinski definition) is 1. The number of nitrogens with one attached hydrogen (secondary N) is 1. The Balaban J connectivity index is 2.02. The van der Waals surface area contributed by atoms with E-state index in [1.165, 1.54) is 24.3 Å². The van der Waals surface area contributed by atoms with Crippen molar-refractivity contribution in [1.29, 1.82) is 0 Å². The molecule has 1 saturated heterocycles. The molecule has 0 saturated carbocycles. The number of thioether (sulfide) groups is 1. The summed E-state index contributed by atoms with van der Waals surface area (Å²) in [5.74, 6) is 2.48. The van der Waals surface area contributed by atoms with Gasteiger partial charge in [-0.1, -0.05) is 0 Å². The summed E-state index contributed by atoms with van der Waals surface area (Å²) in [6, 6.07) is 0.594. The van der Waals surface area contributed by atoms with Gasteiger partial charge in [0.2, 0.25) is 0 Å². The molecule has 1 nitrogen and oxygen atoms in total. The molecule has 1 N–H and O–H groups in total. The van der Waals surface area contributed by atoms with Crippen LogP contribution in [0.15, 0.2) is 0 Å². The van der Waals surface area contributed by atoms with Crippen LogP contribution in [0.5, 0.6) is 0 Å². The SMILES string of the molecule is FCCNC1CCSCC1. The Morgan fingerprint density at radius 1 is 1.40 bits per heavy atom. The van der Waals surface area contributed by atoms with Crippen molar-refractivity contribution in [1.82, 2.24) is 5.32 Å². The van der Waals surface area contributed by atoms with Crippen LogP contribution in [-0.4, -0.2) is 30.8 Å². The van der Waals surface area contributed by atoms with Crippen molar-refractivity contribution in [3.8, 4) is 0 Å². The average molecular weight is 163 g/mol. The van der Waals surface area contributed by atoms with Crippen LogP contribution in [0.2, 0.25) is 0 Å². The monoisotopic (exact) mass is 163 g/mol. The molecule has 1 rings (SSSR count). The number of rotatable bonds is 3. The van der Waals surface area contributed by atoms with Gasteiger partial charge in [-0.15, -0.1) is 0 Å². The molecular weight excluding hydrogens is 149 g/mol. The topological polar surface area (TPSA) is 12.0 Å². The van der Waals surface area contributed by atoms with Crippen LogP contribution >= 0.6 is 11.8 Å². The lowest BCUT2D eigenvalue weighted by molar-refractivity contribution is 0.416. The third-order valence-electron chi connectivity index (χ3n) is 1.75. The first-order chi connectivity index (χ1) is 4.93. The summed E-state index contributed by atoms with van der Waals surface area (Å²) in [5.41, 5.74) is 0. The third kappa shape index (κ3) is 2.88. The predicted molar refractivity (Wildman–Crippen MR) is 44.3 cm³/mol. The van der Waals surface area contributed by atoms with Gasteiger partial charge in [0.05, 0.1) is 0 Å². The summed E-state index contributed by atoms with van der Waals surface area (Å²) in [6.45, 7) is 0.305. The summed E-state index contributed by atoms with van der Waals surface area (Å²) < 4.78 is 11.7. The van der Waals surface area contributed by atoms with E-state index in [4.69, 9.17) is 0 Å². The molecule has 0 bridgehead atoms. The lowest BCUT2D eigenvalue weighted by atomic mass is 10.1. The standard InChI is InChI=1S/C7H14FNS/c8-3-4-9-7-1-5-10-6-2-7/h7,9H,1-6H2. The first kappa shape index (κ1) is 8.34. The molecule has 0 atom stereocenters. The smallest absolute Gasteiger partial charge is 0.102 e. The minimum Gasteiger partial charge on any atom is -0.311 e. The predicted octanol–water partition coefficient (Wildman–Crippen LogP) is 1.44. The van der Waals surface area contributed by atoms with Gasteiger partial charge in [-0.3, -0.25) is 0 Å². The molecule has 10 heavy (non-hydrogen) atoms. The highest BCUT2D eigenvalue weighted by atomic mass is 32.2. The number of hydrogen-bond acceptors (Lipinski definition) is 2. The van der Waals surface area contributed by atoms with E-state index >= 15 is 0 Å². The number of alkyl halides is 1. The molecule has 0 aromatic rings. The van der Waals surface area contributed by atoms with E-state index in [1.54, 1.807) is 0 Å². The summed E-state index contributed by atoms with van der Waals surface area (Å²) in [7, 11) is 0. The summed E-state index contributed by atoms with van der Waals surface area (Å²) >= 11 is 2.00. The quantitative estimate of drug-likeness (QED) is 0.675. The molecule has 60 valence electrons. The zero-order valence-electron chi connectivity index (χ0n) is 6.11. The molecule has 0 aromatic carbocycles. The molecule has 0 amide bonds. The molecular formula is C7H14FNS. The largest absolute Gasteiger partial charge is 0.311 e. The highest BCUT2D eigenvalue weighted by molar-refractivity contribution is 7.99. The van der Waals surface area contributed by atoms with E-state index in [1.807, 2.05) is 11.8 Å². The molecule has 1 aliphatic rings. The van der Waals surface area contributed by atoms with Gasteiger partial charge in [-0.2, -0.15) is 11.8 Å². The highest BCUT2D eigenvalue weighted by Crippen LogP contribution is 2.16. The second-order valence-corrected chi connectivity index (χ2v) is 3.75. The summed E-state index contributed by atoms with van der Waals surface area (Å²) in [5, 5.41) is 3.18. The van der Waals surface area contributed by atoms with Crippen molar-refractivity contribution in [3.63, 3.8) is 0 Å². The van der Waals surface area contributed by atoms with Crippen molar-refractivity contribution < 1.29 is 4.39 Å². The van der Waals surface area contributed by atoms with Crippen molar-refractivity contribution in [2.75, 3.05) is 24.7 Å². The molecule has 0 spiro atoms. The maximum atomic E-state index is 11.7. The van der Waals surface area contributed by atoms with Crippen molar-refractivity contribution in [3.05, 3.63) is 0 Å². The summed E-state index contributed by atoms with van der Waals surface area (Å²) in [4.78, 5) is 0. The summed E-state index contributed by atoms with van der Waals surface area (Å²) in [6.07, 6.45) is 2.43. The molecule has 0 aromatic heterocycles.